The largest absolute Gasteiger partial charge is 0.507 e. The standard InChI is InChI=1S/C11H14N2O2/c1-13-7(6-12)3-9-10(13)4-8(15-2)5-11(9)14/h3-5,14H,6,12H2,1-2H3. The maximum Gasteiger partial charge on any atom is 0.128 e. The number of fused-ring (bicyclic) bond motifs is 1. The van der Waals surface area contributed by atoms with Crippen molar-refractivity contribution >= 4 is 10.9 Å². The number of aryl methyl sites for hydroxylation is 1. The van der Waals surface area contributed by atoms with Crippen LogP contribution in [0.5, 0.6) is 11.5 Å². The number of phenolic OH excluding ortho intramolecular Hbond substituents is 1. The third-order valence-electron chi connectivity index (χ3n) is 2.66. The van der Waals surface area contributed by atoms with Gasteiger partial charge in [-0.2, -0.15) is 0 Å². The van der Waals surface area contributed by atoms with Gasteiger partial charge in [0, 0.05) is 36.8 Å². The smallest absolute Gasteiger partial charge is 0.128 e. The van der Waals surface area contributed by atoms with E-state index in [4.69, 9.17) is 10.5 Å². The van der Waals surface area contributed by atoms with Gasteiger partial charge in [0.25, 0.3) is 0 Å². The van der Waals surface area contributed by atoms with Crippen molar-refractivity contribution in [2.75, 3.05) is 7.11 Å². The molecule has 0 saturated carbocycles. The predicted molar refractivity (Wildman–Crippen MR) is 59.0 cm³/mol. The number of aromatic nitrogens is 1. The van der Waals surface area contributed by atoms with Crippen molar-refractivity contribution in [3.05, 3.63) is 23.9 Å². The van der Waals surface area contributed by atoms with E-state index in [2.05, 4.69) is 0 Å². The Balaban J connectivity index is 2.77. The van der Waals surface area contributed by atoms with Crippen LogP contribution in [0.15, 0.2) is 18.2 Å². The summed E-state index contributed by atoms with van der Waals surface area (Å²) in [6, 6.07) is 5.38. The van der Waals surface area contributed by atoms with Gasteiger partial charge in [0.2, 0.25) is 0 Å². The summed E-state index contributed by atoms with van der Waals surface area (Å²) < 4.78 is 7.05. The van der Waals surface area contributed by atoms with Crippen molar-refractivity contribution in [2.45, 2.75) is 6.54 Å². The topological polar surface area (TPSA) is 60.4 Å². The van der Waals surface area contributed by atoms with E-state index in [0.717, 1.165) is 16.6 Å². The van der Waals surface area contributed by atoms with Crippen molar-refractivity contribution in [1.82, 2.24) is 4.57 Å². The SMILES string of the molecule is COc1cc(O)c2cc(CN)n(C)c2c1. The zero-order valence-corrected chi connectivity index (χ0v) is 8.82. The molecule has 0 saturated heterocycles. The third-order valence-corrected chi connectivity index (χ3v) is 2.66. The predicted octanol–water partition coefficient (Wildman–Crippen LogP) is 1.35. The molecule has 0 amide bonds. The number of benzene rings is 1. The highest BCUT2D eigenvalue weighted by Crippen LogP contribution is 2.32. The van der Waals surface area contributed by atoms with Gasteiger partial charge in [0.05, 0.1) is 12.6 Å². The summed E-state index contributed by atoms with van der Waals surface area (Å²) in [5.41, 5.74) is 7.50. The van der Waals surface area contributed by atoms with Gasteiger partial charge in [-0.3, -0.25) is 0 Å². The lowest BCUT2D eigenvalue weighted by Gasteiger charge is -2.04. The molecule has 0 atom stereocenters. The van der Waals surface area contributed by atoms with Gasteiger partial charge in [0.15, 0.2) is 0 Å². The number of nitrogens with zero attached hydrogens (tertiary/aromatic N) is 1. The minimum atomic E-state index is 0.222. The first-order valence-corrected chi connectivity index (χ1v) is 4.72. The van der Waals surface area contributed by atoms with E-state index < -0.39 is 0 Å². The first kappa shape index (κ1) is 9.86. The minimum absolute atomic E-state index is 0.222. The van der Waals surface area contributed by atoms with Gasteiger partial charge in [-0.25, -0.2) is 0 Å². The molecular formula is C11H14N2O2. The van der Waals surface area contributed by atoms with E-state index in [-0.39, 0.29) is 5.75 Å². The number of ether oxygens (including phenoxy) is 1. The molecule has 80 valence electrons. The molecule has 4 nitrogen and oxygen atoms in total. The van der Waals surface area contributed by atoms with Crippen LogP contribution in [0.4, 0.5) is 0 Å². The van der Waals surface area contributed by atoms with Crippen LogP contribution in [0.2, 0.25) is 0 Å². The second-order valence-corrected chi connectivity index (χ2v) is 3.48. The molecule has 0 spiro atoms. The summed E-state index contributed by atoms with van der Waals surface area (Å²) in [6.07, 6.45) is 0. The number of rotatable bonds is 2. The number of hydrogen-bond acceptors (Lipinski definition) is 3. The lowest BCUT2D eigenvalue weighted by Crippen LogP contribution is -2.02. The Morgan fingerprint density at radius 2 is 2.13 bits per heavy atom. The first-order chi connectivity index (χ1) is 7.17. The fourth-order valence-corrected chi connectivity index (χ4v) is 1.76. The average Bonchev–Trinajstić information content (AvgIpc) is 2.56. The summed E-state index contributed by atoms with van der Waals surface area (Å²) in [5.74, 6) is 0.865. The molecule has 0 aliphatic carbocycles. The van der Waals surface area contributed by atoms with E-state index in [0.29, 0.717) is 12.3 Å². The molecule has 0 aliphatic heterocycles. The van der Waals surface area contributed by atoms with Crippen LogP contribution >= 0.6 is 0 Å². The van der Waals surface area contributed by atoms with E-state index in [1.165, 1.54) is 0 Å². The number of hydrogen-bond donors (Lipinski definition) is 2. The molecule has 0 aliphatic rings. The maximum absolute atomic E-state index is 9.78. The third kappa shape index (κ3) is 1.43. The van der Waals surface area contributed by atoms with Crippen LogP contribution in [-0.2, 0) is 13.6 Å². The molecular weight excluding hydrogens is 192 g/mol. The Kier molecular flexibility index (Phi) is 2.28. The van der Waals surface area contributed by atoms with E-state index in [9.17, 15) is 5.11 Å². The van der Waals surface area contributed by atoms with Crippen LogP contribution in [0, 0.1) is 0 Å². The summed E-state index contributed by atoms with van der Waals surface area (Å²) in [6.45, 7) is 0.451. The normalized spacial score (nSPS) is 10.9. The van der Waals surface area contributed by atoms with Crippen LogP contribution in [0.1, 0.15) is 5.69 Å². The quantitative estimate of drug-likeness (QED) is 0.779. The van der Waals surface area contributed by atoms with E-state index in [1.807, 2.05) is 23.7 Å². The molecule has 1 aromatic heterocycles. The Morgan fingerprint density at radius 1 is 1.40 bits per heavy atom. The van der Waals surface area contributed by atoms with Gasteiger partial charge >= 0.3 is 0 Å². The minimum Gasteiger partial charge on any atom is -0.507 e. The highest BCUT2D eigenvalue weighted by molar-refractivity contribution is 5.88. The Labute approximate surface area is 87.9 Å². The second kappa shape index (κ2) is 3.47. The second-order valence-electron chi connectivity index (χ2n) is 3.48. The maximum atomic E-state index is 9.78. The van der Waals surface area contributed by atoms with Crippen LogP contribution in [0.25, 0.3) is 10.9 Å². The van der Waals surface area contributed by atoms with Gasteiger partial charge in [-0.15, -0.1) is 0 Å². The van der Waals surface area contributed by atoms with Crippen molar-refractivity contribution in [2.24, 2.45) is 12.8 Å². The summed E-state index contributed by atoms with van der Waals surface area (Å²) >= 11 is 0. The first-order valence-electron chi connectivity index (χ1n) is 4.72. The molecule has 0 bridgehead atoms. The number of phenols is 1. The zero-order valence-electron chi connectivity index (χ0n) is 8.82. The van der Waals surface area contributed by atoms with Crippen molar-refractivity contribution in [1.29, 1.82) is 0 Å². The molecule has 2 rings (SSSR count). The number of aromatic hydroxyl groups is 1. The van der Waals surface area contributed by atoms with Crippen molar-refractivity contribution < 1.29 is 9.84 Å². The Morgan fingerprint density at radius 3 is 2.73 bits per heavy atom. The lowest BCUT2D eigenvalue weighted by atomic mass is 10.2. The van der Waals surface area contributed by atoms with Gasteiger partial charge in [-0.1, -0.05) is 0 Å². The van der Waals surface area contributed by atoms with E-state index in [1.54, 1.807) is 13.2 Å². The Bertz CT molecular complexity index is 503. The molecule has 4 heteroatoms. The molecule has 1 heterocycles. The fourth-order valence-electron chi connectivity index (χ4n) is 1.76. The summed E-state index contributed by atoms with van der Waals surface area (Å²) in [4.78, 5) is 0. The molecule has 0 unspecified atom stereocenters. The molecule has 0 fully saturated rings. The van der Waals surface area contributed by atoms with Crippen LogP contribution < -0.4 is 10.5 Å². The summed E-state index contributed by atoms with van der Waals surface area (Å²) in [7, 11) is 3.50. The van der Waals surface area contributed by atoms with Crippen molar-refractivity contribution in [3.8, 4) is 11.5 Å². The van der Waals surface area contributed by atoms with Gasteiger partial charge in [-0.05, 0) is 6.07 Å². The molecule has 15 heavy (non-hydrogen) atoms. The lowest BCUT2D eigenvalue weighted by molar-refractivity contribution is 0.409. The van der Waals surface area contributed by atoms with Gasteiger partial charge < -0.3 is 20.1 Å². The van der Waals surface area contributed by atoms with E-state index >= 15 is 0 Å². The monoisotopic (exact) mass is 206 g/mol. The van der Waals surface area contributed by atoms with Crippen molar-refractivity contribution in [3.63, 3.8) is 0 Å². The molecule has 1 aromatic carbocycles. The molecule has 3 N–H and O–H groups in total. The van der Waals surface area contributed by atoms with Gasteiger partial charge in [0.1, 0.15) is 11.5 Å². The highest BCUT2D eigenvalue weighted by atomic mass is 16.5. The van der Waals surface area contributed by atoms with Crippen LogP contribution in [-0.4, -0.2) is 16.8 Å². The fraction of sp³-hybridized carbons (Fsp3) is 0.273. The zero-order chi connectivity index (χ0) is 11.0. The highest BCUT2D eigenvalue weighted by Gasteiger charge is 2.09. The number of nitrogens with two attached hydrogens (primary N) is 1. The average molecular weight is 206 g/mol. The van der Waals surface area contributed by atoms with Crippen LogP contribution in [0.3, 0.4) is 0 Å². The Hall–Kier alpha value is -1.68. The molecule has 0 radical (unpaired) electrons. The molecule has 2 aromatic rings. The summed E-state index contributed by atoms with van der Waals surface area (Å²) in [5, 5.41) is 10.6. The number of methoxy groups -OCH3 is 1.